The molecule has 2 aromatic carbocycles. The van der Waals surface area contributed by atoms with Crippen molar-refractivity contribution in [2.75, 3.05) is 45.3 Å². The van der Waals surface area contributed by atoms with Crippen molar-refractivity contribution in [1.82, 2.24) is 10.2 Å². The van der Waals surface area contributed by atoms with Crippen molar-refractivity contribution < 1.29 is 19.1 Å². The summed E-state index contributed by atoms with van der Waals surface area (Å²) in [5.41, 5.74) is 2.47. The van der Waals surface area contributed by atoms with Crippen molar-refractivity contribution in [2.24, 2.45) is 0 Å². The summed E-state index contributed by atoms with van der Waals surface area (Å²) in [5.74, 6) is 0.488. The number of amides is 2. The molecule has 0 spiro atoms. The Morgan fingerprint density at radius 1 is 1.13 bits per heavy atom. The Hall–Kier alpha value is -3.16. The van der Waals surface area contributed by atoms with Gasteiger partial charge in [-0.05, 0) is 29.8 Å². The Balaban J connectivity index is 1.45. The topological polar surface area (TPSA) is 79.9 Å². The average molecular weight is 424 g/mol. The van der Waals surface area contributed by atoms with Gasteiger partial charge in [-0.2, -0.15) is 0 Å². The van der Waals surface area contributed by atoms with Crippen LogP contribution in [-0.2, 0) is 20.9 Å². The molecule has 0 bridgehead atoms. The van der Waals surface area contributed by atoms with E-state index in [4.69, 9.17) is 9.47 Å². The molecule has 1 aliphatic rings. The van der Waals surface area contributed by atoms with Crippen LogP contribution in [0.2, 0.25) is 0 Å². The van der Waals surface area contributed by atoms with Crippen LogP contribution in [0.25, 0.3) is 6.08 Å². The van der Waals surface area contributed by atoms with Gasteiger partial charge in [-0.1, -0.05) is 30.3 Å². The van der Waals surface area contributed by atoms with E-state index < -0.39 is 0 Å². The Morgan fingerprint density at radius 2 is 1.94 bits per heavy atom. The van der Waals surface area contributed by atoms with E-state index >= 15 is 0 Å². The molecule has 3 rings (SSSR count). The highest BCUT2D eigenvalue weighted by Crippen LogP contribution is 2.18. The molecule has 7 nitrogen and oxygen atoms in total. The van der Waals surface area contributed by atoms with Gasteiger partial charge < -0.3 is 20.1 Å². The molecule has 31 heavy (non-hydrogen) atoms. The average Bonchev–Trinajstić information content (AvgIpc) is 2.81. The van der Waals surface area contributed by atoms with E-state index in [-0.39, 0.29) is 11.8 Å². The van der Waals surface area contributed by atoms with Crippen LogP contribution in [0.1, 0.15) is 17.5 Å². The first kappa shape index (κ1) is 22.5. The van der Waals surface area contributed by atoms with Crippen LogP contribution in [-0.4, -0.2) is 56.7 Å². The first-order chi connectivity index (χ1) is 15.1. The van der Waals surface area contributed by atoms with Crippen molar-refractivity contribution in [3.05, 3.63) is 65.7 Å². The van der Waals surface area contributed by atoms with Crippen LogP contribution >= 0.6 is 0 Å². The van der Waals surface area contributed by atoms with Crippen molar-refractivity contribution in [3.63, 3.8) is 0 Å². The van der Waals surface area contributed by atoms with E-state index in [2.05, 4.69) is 15.5 Å². The second-order valence-corrected chi connectivity index (χ2v) is 7.25. The predicted octanol–water partition coefficient (Wildman–Crippen LogP) is 2.69. The van der Waals surface area contributed by atoms with Crippen LogP contribution < -0.4 is 15.4 Å². The number of methoxy groups -OCH3 is 1. The SMILES string of the molecule is COc1ccccc1/C=C/C(=O)NCc1cccc(NC(=O)CCN2CCOCC2)c1. The van der Waals surface area contributed by atoms with Gasteiger partial charge in [0.1, 0.15) is 5.75 Å². The third-order valence-electron chi connectivity index (χ3n) is 4.99. The lowest BCUT2D eigenvalue weighted by Gasteiger charge is -2.26. The highest BCUT2D eigenvalue weighted by atomic mass is 16.5. The quantitative estimate of drug-likeness (QED) is 0.607. The Kier molecular flexibility index (Phi) is 8.63. The molecule has 0 unspecified atom stereocenters. The molecule has 1 saturated heterocycles. The highest BCUT2D eigenvalue weighted by Gasteiger charge is 2.12. The lowest BCUT2D eigenvalue weighted by Crippen LogP contribution is -2.38. The second kappa shape index (κ2) is 11.9. The zero-order valence-corrected chi connectivity index (χ0v) is 17.8. The standard InChI is InChI=1S/C24H29N3O4/c1-30-22-8-3-2-6-20(22)9-10-23(28)25-18-19-5-4-7-21(17-19)26-24(29)11-12-27-13-15-31-16-14-27/h2-10,17H,11-16,18H2,1H3,(H,25,28)(H,26,29)/b10-9+. The molecule has 0 atom stereocenters. The van der Waals surface area contributed by atoms with Gasteiger partial charge in [0.25, 0.3) is 0 Å². The van der Waals surface area contributed by atoms with Crippen molar-refractivity contribution in [2.45, 2.75) is 13.0 Å². The number of ether oxygens (including phenoxy) is 2. The summed E-state index contributed by atoms with van der Waals surface area (Å²) in [5, 5.41) is 5.79. The molecule has 164 valence electrons. The van der Waals surface area contributed by atoms with Crippen molar-refractivity contribution in [1.29, 1.82) is 0 Å². The van der Waals surface area contributed by atoms with Gasteiger partial charge in [-0.3, -0.25) is 14.5 Å². The molecular weight excluding hydrogens is 394 g/mol. The highest BCUT2D eigenvalue weighted by molar-refractivity contribution is 5.92. The minimum Gasteiger partial charge on any atom is -0.496 e. The maximum absolute atomic E-state index is 12.2. The smallest absolute Gasteiger partial charge is 0.244 e. The fourth-order valence-electron chi connectivity index (χ4n) is 3.28. The maximum atomic E-state index is 12.2. The Bertz CT molecular complexity index is 907. The first-order valence-corrected chi connectivity index (χ1v) is 10.4. The molecule has 0 radical (unpaired) electrons. The van der Waals surface area contributed by atoms with Gasteiger partial charge in [0.05, 0.1) is 20.3 Å². The summed E-state index contributed by atoms with van der Waals surface area (Å²) >= 11 is 0. The lowest BCUT2D eigenvalue weighted by molar-refractivity contribution is -0.117. The number of morpholine rings is 1. The van der Waals surface area contributed by atoms with Crippen LogP contribution in [0, 0.1) is 0 Å². The van der Waals surface area contributed by atoms with Gasteiger partial charge in [-0.15, -0.1) is 0 Å². The molecule has 1 aliphatic heterocycles. The number of hydrogen-bond acceptors (Lipinski definition) is 5. The number of hydrogen-bond donors (Lipinski definition) is 2. The molecule has 7 heteroatoms. The zero-order chi connectivity index (χ0) is 21.9. The Labute approximate surface area is 183 Å². The minimum absolute atomic E-state index is 0.0209. The molecule has 2 aromatic rings. The predicted molar refractivity (Wildman–Crippen MR) is 121 cm³/mol. The number of benzene rings is 2. The van der Waals surface area contributed by atoms with E-state index in [1.165, 1.54) is 6.08 Å². The minimum atomic E-state index is -0.203. The van der Waals surface area contributed by atoms with Crippen molar-refractivity contribution >= 4 is 23.6 Å². The van der Waals surface area contributed by atoms with E-state index in [1.54, 1.807) is 13.2 Å². The summed E-state index contributed by atoms with van der Waals surface area (Å²) in [6, 6.07) is 15.0. The zero-order valence-electron chi connectivity index (χ0n) is 17.8. The summed E-state index contributed by atoms with van der Waals surface area (Å²) in [7, 11) is 1.60. The number of nitrogens with one attached hydrogen (secondary N) is 2. The third kappa shape index (κ3) is 7.55. The van der Waals surface area contributed by atoms with Crippen LogP contribution in [0.3, 0.4) is 0 Å². The van der Waals surface area contributed by atoms with Crippen molar-refractivity contribution in [3.8, 4) is 5.75 Å². The summed E-state index contributed by atoms with van der Waals surface area (Å²) in [6.07, 6.45) is 3.64. The number of rotatable bonds is 9. The molecule has 0 aliphatic carbocycles. The lowest BCUT2D eigenvalue weighted by atomic mass is 10.1. The van der Waals surface area contributed by atoms with Gasteiger partial charge in [0.2, 0.25) is 11.8 Å². The molecular formula is C24H29N3O4. The van der Waals surface area contributed by atoms with E-state index in [0.29, 0.717) is 18.7 Å². The van der Waals surface area contributed by atoms with E-state index in [1.807, 2.05) is 48.5 Å². The number of anilines is 1. The van der Waals surface area contributed by atoms with E-state index in [0.717, 1.165) is 49.7 Å². The normalized spacial score (nSPS) is 14.4. The fraction of sp³-hybridized carbons (Fsp3) is 0.333. The van der Waals surface area contributed by atoms with Crippen LogP contribution in [0.5, 0.6) is 5.75 Å². The number of carbonyl (C=O) groups is 2. The summed E-state index contributed by atoms with van der Waals surface area (Å²) in [4.78, 5) is 26.6. The largest absolute Gasteiger partial charge is 0.496 e. The van der Waals surface area contributed by atoms with E-state index in [9.17, 15) is 9.59 Å². The molecule has 0 aromatic heterocycles. The molecule has 0 saturated carbocycles. The maximum Gasteiger partial charge on any atom is 0.244 e. The second-order valence-electron chi connectivity index (χ2n) is 7.25. The summed E-state index contributed by atoms with van der Waals surface area (Å²) in [6.45, 7) is 4.28. The number of para-hydroxylation sites is 1. The molecule has 2 N–H and O–H groups in total. The van der Waals surface area contributed by atoms with Gasteiger partial charge in [0.15, 0.2) is 0 Å². The van der Waals surface area contributed by atoms with Gasteiger partial charge >= 0.3 is 0 Å². The van der Waals surface area contributed by atoms with Gasteiger partial charge in [0, 0.05) is 49.9 Å². The number of carbonyl (C=O) groups excluding carboxylic acids is 2. The molecule has 1 fully saturated rings. The molecule has 2 amide bonds. The number of nitrogens with zero attached hydrogens (tertiary/aromatic N) is 1. The van der Waals surface area contributed by atoms with Crippen LogP contribution in [0.4, 0.5) is 5.69 Å². The monoisotopic (exact) mass is 423 g/mol. The first-order valence-electron chi connectivity index (χ1n) is 10.4. The summed E-state index contributed by atoms with van der Waals surface area (Å²) < 4.78 is 10.6. The third-order valence-corrected chi connectivity index (χ3v) is 4.99. The van der Waals surface area contributed by atoms with Crippen LogP contribution in [0.15, 0.2) is 54.6 Å². The Morgan fingerprint density at radius 3 is 2.74 bits per heavy atom. The fourth-order valence-corrected chi connectivity index (χ4v) is 3.28. The van der Waals surface area contributed by atoms with Gasteiger partial charge in [-0.25, -0.2) is 0 Å². The molecule has 1 heterocycles.